The number of methoxy groups -OCH3 is 1. The lowest BCUT2D eigenvalue weighted by Crippen LogP contribution is -2.58. The van der Waals surface area contributed by atoms with Gasteiger partial charge >= 0.3 is 0 Å². The smallest absolute Gasteiger partial charge is 0.182 e. The Morgan fingerprint density at radius 1 is 1.29 bits per heavy atom. The second-order valence-electron chi connectivity index (χ2n) is 4.77. The van der Waals surface area contributed by atoms with Gasteiger partial charge in [0.2, 0.25) is 0 Å². The fourth-order valence-electron chi connectivity index (χ4n) is 2.18. The summed E-state index contributed by atoms with van der Waals surface area (Å²) < 4.78 is 10.4. The molecule has 7 heteroatoms. The number of nitrogens with zero attached hydrogens (tertiary/aromatic N) is 1. The van der Waals surface area contributed by atoms with E-state index in [9.17, 15) is 15.3 Å². The van der Waals surface area contributed by atoms with Crippen LogP contribution in [0.2, 0.25) is 0 Å². The lowest BCUT2D eigenvalue weighted by atomic mass is 9.97. The lowest BCUT2D eigenvalue weighted by molar-refractivity contribution is -0.257. The minimum atomic E-state index is -1.27. The van der Waals surface area contributed by atoms with Gasteiger partial charge in [0, 0.05) is 18.9 Å². The standard InChI is InChI=1S/C14H19NO6/c1-20-14-11(13(19)12(18)10(7-16)21-14)15-6-8-4-2-3-5-9(8)17/h2-6,10-14,16-19H,7H2,1H3/t10-,11-,12-,13-,14+/m1/s1. The molecule has 0 unspecified atom stereocenters. The Balaban J connectivity index is 2.19. The van der Waals surface area contributed by atoms with E-state index >= 15 is 0 Å². The molecular weight excluding hydrogens is 278 g/mol. The van der Waals surface area contributed by atoms with Crippen molar-refractivity contribution in [2.45, 2.75) is 30.6 Å². The van der Waals surface area contributed by atoms with Crippen molar-refractivity contribution in [3.05, 3.63) is 29.8 Å². The molecule has 1 aliphatic heterocycles. The summed E-state index contributed by atoms with van der Waals surface area (Å²) in [6.07, 6.45) is -2.97. The number of benzene rings is 1. The van der Waals surface area contributed by atoms with E-state index in [1.54, 1.807) is 18.2 Å². The van der Waals surface area contributed by atoms with Crippen molar-refractivity contribution in [3.63, 3.8) is 0 Å². The van der Waals surface area contributed by atoms with Crippen LogP contribution in [0.3, 0.4) is 0 Å². The first-order valence-electron chi connectivity index (χ1n) is 6.55. The molecule has 0 bridgehead atoms. The van der Waals surface area contributed by atoms with Gasteiger partial charge < -0.3 is 29.9 Å². The van der Waals surface area contributed by atoms with Gasteiger partial charge in [-0.2, -0.15) is 0 Å². The van der Waals surface area contributed by atoms with E-state index in [-0.39, 0.29) is 5.75 Å². The van der Waals surface area contributed by atoms with Crippen LogP contribution < -0.4 is 0 Å². The molecule has 21 heavy (non-hydrogen) atoms. The van der Waals surface area contributed by atoms with E-state index in [1.165, 1.54) is 19.4 Å². The minimum absolute atomic E-state index is 0.0511. The highest BCUT2D eigenvalue weighted by Crippen LogP contribution is 2.24. The fraction of sp³-hybridized carbons (Fsp3) is 0.500. The average molecular weight is 297 g/mol. The van der Waals surface area contributed by atoms with Crippen LogP contribution in [0.1, 0.15) is 5.56 Å². The van der Waals surface area contributed by atoms with Crippen molar-refractivity contribution in [1.29, 1.82) is 0 Å². The third kappa shape index (κ3) is 3.39. The van der Waals surface area contributed by atoms with Crippen LogP contribution in [0.25, 0.3) is 0 Å². The van der Waals surface area contributed by atoms with Gasteiger partial charge in [-0.15, -0.1) is 0 Å². The van der Waals surface area contributed by atoms with Crippen LogP contribution in [0, 0.1) is 0 Å². The van der Waals surface area contributed by atoms with E-state index < -0.39 is 37.3 Å². The Morgan fingerprint density at radius 3 is 2.62 bits per heavy atom. The third-order valence-corrected chi connectivity index (χ3v) is 3.40. The molecule has 1 aliphatic rings. The maximum atomic E-state index is 10.1. The van der Waals surface area contributed by atoms with Crippen molar-refractivity contribution < 1.29 is 29.9 Å². The first kappa shape index (κ1) is 15.9. The Kier molecular flexibility index (Phi) is 5.27. The van der Waals surface area contributed by atoms with Crippen molar-refractivity contribution in [1.82, 2.24) is 0 Å². The third-order valence-electron chi connectivity index (χ3n) is 3.40. The number of hydrogen-bond donors (Lipinski definition) is 4. The molecule has 1 aromatic carbocycles. The average Bonchev–Trinajstić information content (AvgIpc) is 2.50. The highest BCUT2D eigenvalue weighted by atomic mass is 16.7. The van der Waals surface area contributed by atoms with Crippen LogP contribution in [-0.4, -0.2) is 71.0 Å². The van der Waals surface area contributed by atoms with Gasteiger partial charge in [-0.3, -0.25) is 4.99 Å². The van der Waals surface area contributed by atoms with E-state index in [0.717, 1.165) is 0 Å². The second kappa shape index (κ2) is 6.97. The topological polar surface area (TPSA) is 112 Å². The Morgan fingerprint density at radius 2 is 2.00 bits per heavy atom. The Labute approximate surface area is 122 Å². The number of phenols is 1. The summed E-state index contributed by atoms with van der Waals surface area (Å²) in [5.41, 5.74) is 0.471. The number of hydrogen-bond acceptors (Lipinski definition) is 7. The Bertz CT molecular complexity index is 492. The molecular formula is C14H19NO6. The number of aliphatic imine (C=N–C) groups is 1. The lowest BCUT2D eigenvalue weighted by Gasteiger charge is -2.39. The number of aromatic hydroxyl groups is 1. The van der Waals surface area contributed by atoms with Crippen LogP contribution >= 0.6 is 0 Å². The zero-order valence-corrected chi connectivity index (χ0v) is 11.5. The van der Waals surface area contributed by atoms with Crippen LogP contribution in [0.15, 0.2) is 29.3 Å². The van der Waals surface area contributed by atoms with Crippen LogP contribution in [0.5, 0.6) is 5.75 Å². The summed E-state index contributed by atoms with van der Waals surface area (Å²) >= 11 is 0. The normalized spacial score (nSPS) is 33.4. The van der Waals surface area contributed by atoms with Crippen molar-refractivity contribution >= 4 is 6.21 Å². The largest absolute Gasteiger partial charge is 0.507 e. The van der Waals surface area contributed by atoms with Gasteiger partial charge in [-0.1, -0.05) is 12.1 Å². The molecule has 0 saturated carbocycles. The molecule has 0 amide bonds. The number of phenolic OH excluding ortho intramolecular Hbond substituents is 1. The first-order chi connectivity index (χ1) is 10.1. The predicted molar refractivity (Wildman–Crippen MR) is 74.3 cm³/mol. The predicted octanol–water partition coefficient (Wildman–Crippen LogP) is -0.735. The fourth-order valence-corrected chi connectivity index (χ4v) is 2.18. The van der Waals surface area contributed by atoms with Crippen molar-refractivity contribution in [2.75, 3.05) is 13.7 Å². The maximum Gasteiger partial charge on any atom is 0.182 e. The van der Waals surface area contributed by atoms with Gasteiger partial charge in [-0.05, 0) is 12.1 Å². The van der Waals surface area contributed by atoms with E-state index in [2.05, 4.69) is 4.99 Å². The monoisotopic (exact) mass is 297 g/mol. The summed E-state index contributed by atoms with van der Waals surface area (Å²) in [6.45, 7) is -0.437. The molecule has 7 nitrogen and oxygen atoms in total. The molecule has 4 N–H and O–H groups in total. The van der Waals surface area contributed by atoms with Gasteiger partial charge in [0.25, 0.3) is 0 Å². The highest BCUT2D eigenvalue weighted by Gasteiger charge is 2.44. The first-order valence-corrected chi connectivity index (χ1v) is 6.55. The van der Waals surface area contributed by atoms with E-state index in [4.69, 9.17) is 14.6 Å². The summed E-state index contributed by atoms with van der Waals surface area (Å²) in [4.78, 5) is 4.14. The molecule has 0 aliphatic carbocycles. The van der Waals surface area contributed by atoms with Gasteiger partial charge in [-0.25, -0.2) is 0 Å². The Hall–Kier alpha value is -1.51. The summed E-state index contributed by atoms with van der Waals surface area (Å²) in [5.74, 6) is 0.0511. The second-order valence-corrected chi connectivity index (χ2v) is 4.77. The molecule has 0 aromatic heterocycles. The molecule has 0 spiro atoms. The van der Waals surface area contributed by atoms with E-state index in [1.807, 2.05) is 0 Å². The van der Waals surface area contributed by atoms with E-state index in [0.29, 0.717) is 5.56 Å². The molecule has 116 valence electrons. The van der Waals surface area contributed by atoms with Crippen molar-refractivity contribution in [3.8, 4) is 5.75 Å². The number of para-hydroxylation sites is 1. The van der Waals surface area contributed by atoms with Crippen LogP contribution in [-0.2, 0) is 9.47 Å². The molecule has 2 rings (SSSR count). The van der Waals surface area contributed by atoms with Gasteiger partial charge in [0.15, 0.2) is 6.29 Å². The SMILES string of the molecule is CO[C@H]1O[C@H](CO)[C@@H](O)[C@H](O)[C@H]1N=Cc1ccccc1O. The van der Waals surface area contributed by atoms with Crippen LogP contribution in [0.4, 0.5) is 0 Å². The zero-order valence-electron chi connectivity index (χ0n) is 11.5. The molecule has 5 atom stereocenters. The molecule has 1 heterocycles. The van der Waals surface area contributed by atoms with Crippen molar-refractivity contribution in [2.24, 2.45) is 4.99 Å². The minimum Gasteiger partial charge on any atom is -0.507 e. The summed E-state index contributed by atoms with van der Waals surface area (Å²) in [6, 6.07) is 5.72. The molecule has 0 radical (unpaired) electrons. The number of ether oxygens (including phenoxy) is 2. The number of aliphatic hydroxyl groups is 3. The zero-order chi connectivity index (χ0) is 15.4. The number of aliphatic hydroxyl groups excluding tert-OH is 3. The molecule has 1 fully saturated rings. The van der Waals surface area contributed by atoms with Gasteiger partial charge in [0.1, 0.15) is 30.1 Å². The van der Waals surface area contributed by atoms with Gasteiger partial charge in [0.05, 0.1) is 6.61 Å². The molecule has 1 saturated heterocycles. The summed E-state index contributed by atoms with van der Waals surface area (Å²) in [7, 11) is 1.38. The maximum absolute atomic E-state index is 10.1. The summed E-state index contributed by atoms with van der Waals surface area (Å²) in [5, 5.41) is 38.7. The molecule has 1 aromatic rings. The number of rotatable bonds is 4. The highest BCUT2D eigenvalue weighted by molar-refractivity contribution is 5.83. The quantitative estimate of drug-likeness (QED) is 0.545.